The minimum Gasteiger partial charge on any atom is -0.545 e. The molecule has 1 fully saturated rings. The lowest BCUT2D eigenvalue weighted by atomic mass is 10.2. The van der Waals surface area contributed by atoms with Gasteiger partial charge in [0, 0.05) is 13.2 Å². The zero-order valence-electron chi connectivity index (χ0n) is 10.2. The van der Waals surface area contributed by atoms with E-state index in [4.69, 9.17) is 4.74 Å². The largest absolute Gasteiger partial charge is 0.545 e. The number of hydrogen-bond acceptors (Lipinski definition) is 5. The van der Waals surface area contributed by atoms with Gasteiger partial charge in [0.05, 0.1) is 17.0 Å². The summed E-state index contributed by atoms with van der Waals surface area (Å²) in [6, 6.07) is 4.89. The molecule has 19 heavy (non-hydrogen) atoms. The number of aromatic carboxylic acids is 1. The maximum atomic E-state index is 11.9. The number of carboxylic acids is 1. The Hall–Kier alpha value is -1.44. The van der Waals surface area contributed by atoms with Crippen LogP contribution in [0, 0.1) is 0 Å². The number of hydrogen-bond donors (Lipinski definition) is 1. The van der Waals surface area contributed by atoms with Crippen molar-refractivity contribution in [1.82, 2.24) is 4.72 Å². The molecule has 0 radical (unpaired) electrons. The van der Waals surface area contributed by atoms with Crippen LogP contribution in [0.4, 0.5) is 0 Å². The summed E-state index contributed by atoms with van der Waals surface area (Å²) in [6.45, 7) is 0.886. The SMILES string of the molecule is O=C([O-])c1ccc(S(=O)(=O)NC[C@@H]2CCCO2)cc1. The van der Waals surface area contributed by atoms with Crippen molar-refractivity contribution >= 4 is 16.0 Å². The van der Waals surface area contributed by atoms with E-state index >= 15 is 0 Å². The van der Waals surface area contributed by atoms with Gasteiger partial charge in [-0.3, -0.25) is 0 Å². The van der Waals surface area contributed by atoms with Crippen LogP contribution in [0.5, 0.6) is 0 Å². The van der Waals surface area contributed by atoms with Crippen molar-refractivity contribution in [1.29, 1.82) is 0 Å². The van der Waals surface area contributed by atoms with Crippen LogP contribution in [-0.2, 0) is 14.8 Å². The van der Waals surface area contributed by atoms with E-state index in [1.165, 1.54) is 24.3 Å². The summed E-state index contributed by atoms with van der Waals surface area (Å²) in [4.78, 5) is 10.6. The summed E-state index contributed by atoms with van der Waals surface area (Å²) in [5, 5.41) is 10.6. The van der Waals surface area contributed by atoms with Crippen molar-refractivity contribution in [2.75, 3.05) is 13.2 Å². The summed E-state index contributed by atoms with van der Waals surface area (Å²) in [5.74, 6) is -1.34. The van der Waals surface area contributed by atoms with Crippen LogP contribution in [0.3, 0.4) is 0 Å². The lowest BCUT2D eigenvalue weighted by Gasteiger charge is -2.11. The van der Waals surface area contributed by atoms with Gasteiger partial charge in [-0.05, 0) is 30.5 Å². The monoisotopic (exact) mass is 284 g/mol. The highest BCUT2D eigenvalue weighted by atomic mass is 32.2. The standard InChI is InChI=1S/C12H15NO5S/c14-12(15)9-3-5-11(6-4-9)19(16,17)13-8-10-2-1-7-18-10/h3-6,10,13H,1-2,7-8H2,(H,14,15)/p-1/t10-/m0/s1. The van der Waals surface area contributed by atoms with Gasteiger partial charge < -0.3 is 14.6 Å². The summed E-state index contributed by atoms with van der Waals surface area (Å²) in [6.07, 6.45) is 1.69. The summed E-state index contributed by atoms with van der Waals surface area (Å²) in [5.41, 5.74) is -0.0573. The van der Waals surface area contributed by atoms with E-state index in [0.717, 1.165) is 12.8 Å². The number of carboxylic acid groups (broad SMARTS) is 1. The highest BCUT2D eigenvalue weighted by molar-refractivity contribution is 7.89. The number of rotatable bonds is 5. The molecule has 0 aromatic heterocycles. The highest BCUT2D eigenvalue weighted by Crippen LogP contribution is 2.13. The molecule has 1 heterocycles. The van der Waals surface area contributed by atoms with Gasteiger partial charge in [0.15, 0.2) is 0 Å². The van der Waals surface area contributed by atoms with Gasteiger partial charge in [0.2, 0.25) is 10.0 Å². The Morgan fingerprint density at radius 3 is 2.58 bits per heavy atom. The fourth-order valence-electron chi connectivity index (χ4n) is 1.86. The van der Waals surface area contributed by atoms with Crippen molar-refractivity contribution in [2.45, 2.75) is 23.8 Å². The molecule has 1 aromatic carbocycles. The number of carbonyl (C=O) groups excluding carboxylic acids is 1. The number of ether oxygens (including phenoxy) is 1. The first-order valence-corrected chi connectivity index (χ1v) is 7.40. The lowest BCUT2D eigenvalue weighted by molar-refractivity contribution is -0.255. The molecular formula is C12H14NO5S-. The predicted molar refractivity (Wildman–Crippen MR) is 64.9 cm³/mol. The maximum absolute atomic E-state index is 11.9. The second kappa shape index (κ2) is 5.68. The molecule has 0 aliphatic carbocycles. The van der Waals surface area contributed by atoms with Crippen molar-refractivity contribution in [2.24, 2.45) is 0 Å². The van der Waals surface area contributed by atoms with Crippen molar-refractivity contribution in [3.63, 3.8) is 0 Å². The van der Waals surface area contributed by atoms with Crippen molar-refractivity contribution in [3.8, 4) is 0 Å². The van der Waals surface area contributed by atoms with E-state index in [1.54, 1.807) is 0 Å². The maximum Gasteiger partial charge on any atom is 0.240 e. The molecule has 1 aliphatic heterocycles. The normalized spacial score (nSPS) is 19.5. The smallest absolute Gasteiger partial charge is 0.240 e. The van der Waals surface area contributed by atoms with E-state index in [2.05, 4.69) is 4.72 Å². The van der Waals surface area contributed by atoms with Crippen LogP contribution in [0.15, 0.2) is 29.2 Å². The number of nitrogens with one attached hydrogen (secondary N) is 1. The Labute approximate surface area is 111 Å². The number of sulfonamides is 1. The molecule has 0 spiro atoms. The van der Waals surface area contributed by atoms with Gasteiger partial charge in [0.1, 0.15) is 0 Å². The average Bonchev–Trinajstić information content (AvgIpc) is 2.90. The summed E-state index contributed by atoms with van der Waals surface area (Å²) >= 11 is 0. The fraction of sp³-hybridized carbons (Fsp3) is 0.417. The van der Waals surface area contributed by atoms with Crippen LogP contribution in [0.1, 0.15) is 23.2 Å². The molecule has 2 rings (SSSR count). The Kier molecular flexibility index (Phi) is 4.18. The third-order valence-electron chi connectivity index (χ3n) is 2.93. The first kappa shape index (κ1) is 14.0. The molecule has 1 aliphatic rings. The van der Waals surface area contributed by atoms with Crippen molar-refractivity contribution in [3.05, 3.63) is 29.8 Å². The Morgan fingerprint density at radius 2 is 2.05 bits per heavy atom. The lowest BCUT2D eigenvalue weighted by Crippen LogP contribution is -2.31. The second-order valence-electron chi connectivity index (χ2n) is 4.30. The predicted octanol–water partition coefficient (Wildman–Crippen LogP) is -0.493. The first-order chi connectivity index (χ1) is 8.99. The molecule has 0 bridgehead atoms. The Morgan fingerprint density at radius 1 is 1.37 bits per heavy atom. The van der Waals surface area contributed by atoms with Gasteiger partial charge in [-0.1, -0.05) is 12.1 Å². The highest BCUT2D eigenvalue weighted by Gasteiger charge is 2.20. The summed E-state index contributed by atoms with van der Waals surface area (Å²) in [7, 11) is -3.63. The third-order valence-corrected chi connectivity index (χ3v) is 4.36. The molecule has 104 valence electrons. The summed E-state index contributed by atoms with van der Waals surface area (Å²) < 4.78 is 31.7. The van der Waals surface area contributed by atoms with Gasteiger partial charge in [-0.2, -0.15) is 0 Å². The quantitative estimate of drug-likeness (QED) is 0.787. The van der Waals surface area contributed by atoms with E-state index in [-0.39, 0.29) is 23.1 Å². The zero-order valence-corrected chi connectivity index (χ0v) is 11.0. The van der Waals surface area contributed by atoms with E-state index in [1.807, 2.05) is 0 Å². The van der Waals surface area contributed by atoms with Gasteiger partial charge in [-0.25, -0.2) is 13.1 Å². The minimum absolute atomic E-state index is 0.0236. The Balaban J connectivity index is 2.03. The van der Waals surface area contributed by atoms with Crippen LogP contribution in [0.25, 0.3) is 0 Å². The topological polar surface area (TPSA) is 95.5 Å². The van der Waals surface area contributed by atoms with Crippen LogP contribution >= 0.6 is 0 Å². The third kappa shape index (κ3) is 3.52. The second-order valence-corrected chi connectivity index (χ2v) is 6.07. The molecule has 1 saturated heterocycles. The molecule has 0 unspecified atom stereocenters. The Bertz CT molecular complexity index is 546. The molecule has 6 nitrogen and oxygen atoms in total. The zero-order chi connectivity index (χ0) is 13.9. The average molecular weight is 284 g/mol. The molecule has 0 saturated carbocycles. The van der Waals surface area contributed by atoms with E-state index < -0.39 is 16.0 Å². The van der Waals surface area contributed by atoms with Gasteiger partial charge in [0.25, 0.3) is 0 Å². The minimum atomic E-state index is -3.63. The number of benzene rings is 1. The molecule has 1 atom stereocenters. The van der Waals surface area contributed by atoms with Crippen LogP contribution < -0.4 is 9.83 Å². The number of carbonyl (C=O) groups is 1. The molecule has 1 aromatic rings. The molecular weight excluding hydrogens is 270 g/mol. The van der Waals surface area contributed by atoms with Gasteiger partial charge in [-0.15, -0.1) is 0 Å². The van der Waals surface area contributed by atoms with E-state index in [0.29, 0.717) is 6.61 Å². The van der Waals surface area contributed by atoms with Crippen molar-refractivity contribution < 1.29 is 23.1 Å². The first-order valence-electron chi connectivity index (χ1n) is 5.92. The molecule has 0 amide bonds. The molecule has 1 N–H and O–H groups in total. The van der Waals surface area contributed by atoms with E-state index in [9.17, 15) is 18.3 Å². The van der Waals surface area contributed by atoms with Gasteiger partial charge >= 0.3 is 0 Å². The fourth-order valence-corrected chi connectivity index (χ4v) is 2.93. The van der Waals surface area contributed by atoms with Crippen LogP contribution in [-0.4, -0.2) is 33.6 Å². The molecule has 7 heteroatoms. The van der Waals surface area contributed by atoms with Crippen LogP contribution in [0.2, 0.25) is 0 Å².